The van der Waals surface area contributed by atoms with Crippen LogP contribution in [0, 0.1) is 5.92 Å². The maximum atomic E-state index is 11.5. The molecule has 1 amide bonds. The number of amides is 1. The van der Waals surface area contributed by atoms with Gasteiger partial charge in [0.15, 0.2) is 0 Å². The van der Waals surface area contributed by atoms with E-state index < -0.39 is 0 Å². The second-order valence-corrected chi connectivity index (χ2v) is 4.22. The summed E-state index contributed by atoms with van der Waals surface area (Å²) in [7, 11) is 0. The van der Waals surface area contributed by atoms with E-state index in [0.29, 0.717) is 12.5 Å². The molecule has 0 bridgehead atoms. The first-order valence-electron chi connectivity index (χ1n) is 5.85. The smallest absolute Gasteiger partial charge is 0.236 e. The maximum absolute atomic E-state index is 11.5. The second-order valence-electron chi connectivity index (χ2n) is 4.22. The van der Waals surface area contributed by atoms with Crippen molar-refractivity contribution in [2.24, 2.45) is 11.7 Å². The first kappa shape index (κ1) is 12.5. The Bertz CT molecular complexity index is 191. The van der Waals surface area contributed by atoms with Gasteiger partial charge in [0, 0.05) is 13.2 Å². The molecule has 15 heavy (non-hydrogen) atoms. The van der Waals surface area contributed by atoms with Crippen molar-refractivity contribution in [1.82, 2.24) is 5.32 Å². The highest BCUT2D eigenvalue weighted by Gasteiger charge is 2.17. The Kier molecular flexibility index (Phi) is 5.65. The van der Waals surface area contributed by atoms with E-state index in [1.807, 2.05) is 6.92 Å². The average Bonchev–Trinajstić information content (AvgIpc) is 2.27. The highest BCUT2D eigenvalue weighted by molar-refractivity contribution is 5.81. The van der Waals surface area contributed by atoms with Crippen molar-refractivity contribution in [3.63, 3.8) is 0 Å². The van der Waals surface area contributed by atoms with E-state index >= 15 is 0 Å². The average molecular weight is 214 g/mol. The molecule has 88 valence electrons. The first-order valence-corrected chi connectivity index (χ1v) is 5.85. The molecule has 1 fully saturated rings. The van der Waals surface area contributed by atoms with Crippen LogP contribution in [0.5, 0.6) is 0 Å². The molecule has 1 unspecified atom stereocenters. The lowest BCUT2D eigenvalue weighted by Crippen LogP contribution is -2.43. The summed E-state index contributed by atoms with van der Waals surface area (Å²) < 4.78 is 5.34. The van der Waals surface area contributed by atoms with Crippen LogP contribution in [-0.2, 0) is 9.53 Å². The molecule has 0 spiro atoms. The van der Waals surface area contributed by atoms with Crippen LogP contribution in [0.2, 0.25) is 0 Å². The summed E-state index contributed by atoms with van der Waals surface area (Å²) >= 11 is 0. The minimum Gasteiger partial charge on any atom is -0.381 e. The number of carbonyl (C=O) groups excluding carboxylic acids is 1. The molecule has 0 aromatic carbocycles. The lowest BCUT2D eigenvalue weighted by Gasteiger charge is -2.22. The van der Waals surface area contributed by atoms with Crippen molar-refractivity contribution < 1.29 is 9.53 Å². The van der Waals surface area contributed by atoms with Crippen LogP contribution in [0.1, 0.15) is 32.6 Å². The van der Waals surface area contributed by atoms with E-state index in [-0.39, 0.29) is 11.9 Å². The summed E-state index contributed by atoms with van der Waals surface area (Å²) in [5, 5.41) is 2.89. The molecular formula is C11H22N2O2. The SMILES string of the molecule is CCC[C@H](N)C(=O)NCC1CCCOC1. The van der Waals surface area contributed by atoms with Crippen LogP contribution >= 0.6 is 0 Å². The molecule has 0 radical (unpaired) electrons. The van der Waals surface area contributed by atoms with Gasteiger partial charge in [-0.1, -0.05) is 13.3 Å². The predicted octanol–water partition coefficient (Wildman–Crippen LogP) is 0.657. The van der Waals surface area contributed by atoms with Gasteiger partial charge < -0.3 is 15.8 Å². The van der Waals surface area contributed by atoms with Gasteiger partial charge in [0.25, 0.3) is 0 Å². The van der Waals surface area contributed by atoms with Gasteiger partial charge in [0.1, 0.15) is 0 Å². The zero-order chi connectivity index (χ0) is 11.1. The molecule has 2 atom stereocenters. The van der Waals surface area contributed by atoms with Crippen molar-refractivity contribution in [3.8, 4) is 0 Å². The van der Waals surface area contributed by atoms with Crippen LogP contribution in [-0.4, -0.2) is 31.7 Å². The van der Waals surface area contributed by atoms with Crippen LogP contribution in [0.3, 0.4) is 0 Å². The van der Waals surface area contributed by atoms with Crippen molar-refractivity contribution >= 4 is 5.91 Å². The van der Waals surface area contributed by atoms with E-state index in [1.54, 1.807) is 0 Å². The zero-order valence-corrected chi connectivity index (χ0v) is 9.50. The van der Waals surface area contributed by atoms with E-state index in [2.05, 4.69) is 5.32 Å². The highest BCUT2D eigenvalue weighted by atomic mass is 16.5. The van der Waals surface area contributed by atoms with E-state index in [0.717, 1.165) is 38.9 Å². The molecule has 3 N–H and O–H groups in total. The van der Waals surface area contributed by atoms with Crippen molar-refractivity contribution in [2.75, 3.05) is 19.8 Å². The normalized spacial score (nSPS) is 23.5. The molecule has 0 aromatic heterocycles. The minimum atomic E-state index is -0.348. The zero-order valence-electron chi connectivity index (χ0n) is 9.50. The lowest BCUT2D eigenvalue weighted by atomic mass is 10.0. The van der Waals surface area contributed by atoms with Crippen LogP contribution in [0.25, 0.3) is 0 Å². The first-order chi connectivity index (χ1) is 7.24. The molecule has 0 saturated carbocycles. The molecule has 4 nitrogen and oxygen atoms in total. The molecule has 4 heteroatoms. The third-order valence-corrected chi connectivity index (χ3v) is 2.76. The van der Waals surface area contributed by atoms with E-state index in [9.17, 15) is 4.79 Å². The van der Waals surface area contributed by atoms with Crippen LogP contribution in [0.4, 0.5) is 0 Å². The molecule has 0 aliphatic carbocycles. The maximum Gasteiger partial charge on any atom is 0.236 e. The number of nitrogens with two attached hydrogens (primary N) is 1. The van der Waals surface area contributed by atoms with E-state index in [4.69, 9.17) is 10.5 Å². The molecule has 0 aromatic rings. The predicted molar refractivity (Wildman–Crippen MR) is 59.4 cm³/mol. The third kappa shape index (κ3) is 4.62. The minimum absolute atomic E-state index is 0.0255. The van der Waals surface area contributed by atoms with Gasteiger partial charge >= 0.3 is 0 Å². The van der Waals surface area contributed by atoms with Crippen molar-refractivity contribution in [2.45, 2.75) is 38.6 Å². The third-order valence-electron chi connectivity index (χ3n) is 2.76. The van der Waals surface area contributed by atoms with Crippen molar-refractivity contribution in [3.05, 3.63) is 0 Å². The number of nitrogens with one attached hydrogen (secondary N) is 1. The number of hydrogen-bond acceptors (Lipinski definition) is 3. The van der Waals surface area contributed by atoms with Gasteiger partial charge in [-0.25, -0.2) is 0 Å². The Morgan fingerprint density at radius 2 is 2.47 bits per heavy atom. The fraction of sp³-hybridized carbons (Fsp3) is 0.909. The monoisotopic (exact) mass is 214 g/mol. The van der Waals surface area contributed by atoms with Gasteiger partial charge in [0.2, 0.25) is 5.91 Å². The Balaban J connectivity index is 2.14. The Hall–Kier alpha value is -0.610. The van der Waals surface area contributed by atoms with E-state index in [1.165, 1.54) is 0 Å². The number of hydrogen-bond donors (Lipinski definition) is 2. The van der Waals surface area contributed by atoms with Gasteiger partial charge in [-0.15, -0.1) is 0 Å². The van der Waals surface area contributed by atoms with Gasteiger partial charge in [-0.05, 0) is 25.2 Å². The summed E-state index contributed by atoms with van der Waals surface area (Å²) in [6.07, 6.45) is 3.94. The standard InChI is InChI=1S/C11H22N2O2/c1-2-4-10(12)11(14)13-7-9-5-3-6-15-8-9/h9-10H,2-8,12H2,1H3,(H,13,14)/t9?,10-/m0/s1. The van der Waals surface area contributed by atoms with Crippen LogP contribution < -0.4 is 11.1 Å². The highest BCUT2D eigenvalue weighted by Crippen LogP contribution is 2.12. The summed E-state index contributed by atoms with van der Waals surface area (Å²) in [4.78, 5) is 11.5. The molecule has 1 heterocycles. The fourth-order valence-corrected chi connectivity index (χ4v) is 1.79. The van der Waals surface area contributed by atoms with Gasteiger partial charge in [-0.3, -0.25) is 4.79 Å². The van der Waals surface area contributed by atoms with Crippen molar-refractivity contribution in [1.29, 1.82) is 0 Å². The lowest BCUT2D eigenvalue weighted by molar-refractivity contribution is -0.122. The second kappa shape index (κ2) is 6.80. The molecule has 1 saturated heterocycles. The Morgan fingerprint density at radius 3 is 3.07 bits per heavy atom. The summed E-state index contributed by atoms with van der Waals surface area (Å²) in [6, 6.07) is -0.348. The molecular weight excluding hydrogens is 192 g/mol. The van der Waals surface area contributed by atoms with Gasteiger partial charge in [0.05, 0.1) is 12.6 Å². The quantitative estimate of drug-likeness (QED) is 0.706. The summed E-state index contributed by atoms with van der Waals surface area (Å²) in [5.74, 6) is 0.443. The number of ether oxygens (including phenoxy) is 1. The Morgan fingerprint density at radius 1 is 1.67 bits per heavy atom. The molecule has 1 aliphatic heterocycles. The molecule has 1 rings (SSSR count). The summed E-state index contributed by atoms with van der Waals surface area (Å²) in [6.45, 7) is 4.36. The number of rotatable bonds is 5. The molecule has 1 aliphatic rings. The van der Waals surface area contributed by atoms with Gasteiger partial charge in [-0.2, -0.15) is 0 Å². The summed E-state index contributed by atoms with van der Waals surface area (Å²) in [5.41, 5.74) is 5.70. The fourth-order valence-electron chi connectivity index (χ4n) is 1.79. The number of carbonyl (C=O) groups is 1. The largest absolute Gasteiger partial charge is 0.381 e. The Labute approximate surface area is 91.5 Å². The van der Waals surface area contributed by atoms with Crippen LogP contribution in [0.15, 0.2) is 0 Å². The topological polar surface area (TPSA) is 64.4 Å².